The Kier molecular flexibility index (Phi) is 63.3. The first kappa shape index (κ1) is 87.1. The predicted molar refractivity (Wildman–Crippen MR) is 359 cm³/mol. The third-order valence-electron chi connectivity index (χ3n) is 16.4. The number of aliphatic hydroxyl groups is 1. The number of hydrogen-bond donors (Lipinski definition) is 3. The Hall–Kier alpha value is -1.94. The lowest BCUT2D eigenvalue weighted by molar-refractivity contribution is -0.161. The maximum atomic E-state index is 13.0. The van der Waals surface area contributed by atoms with Gasteiger partial charge < -0.3 is 33.8 Å². The molecule has 0 aliphatic rings. The minimum Gasteiger partial charge on any atom is -0.462 e. The van der Waals surface area contributed by atoms with Crippen LogP contribution in [0.3, 0.4) is 0 Å². The fraction of sp³-hybridized carbons (Fsp3) is 0.943. The molecule has 0 aliphatic carbocycles. The van der Waals surface area contributed by atoms with Gasteiger partial charge in [0, 0.05) is 25.7 Å². The zero-order chi connectivity index (χ0) is 65.4. The second kappa shape index (κ2) is 64.8. The topological polar surface area (TPSA) is 237 Å². The molecule has 19 heteroatoms. The zero-order valence-electron chi connectivity index (χ0n) is 57.4. The van der Waals surface area contributed by atoms with Gasteiger partial charge in [-0.05, 0) is 25.7 Å². The van der Waals surface area contributed by atoms with Crippen LogP contribution < -0.4 is 0 Å². The standard InChI is InChI=1S/C70H136O17P2/c1-5-9-13-17-21-25-28-30-32-34-37-40-44-48-52-56-69(74)86-65(60-80-67(72)54-50-46-42-24-20-16-12-8-4)62-84-88(76,77)82-58-64(71)59-83-89(78,79)85-63-66(61-81-68(73)55-51-47-43-39-36-27-23-19-15-11-7-3)87-70(75)57-53-49-45-41-38-35-33-31-29-26-22-18-14-10-6-2/h64-66,71H,5-63H2,1-4H3,(H,76,77)(H,78,79)/t64-,65+,66+/m0/s1. The smallest absolute Gasteiger partial charge is 0.462 e. The average molecular weight is 1310 g/mol. The molecule has 0 saturated carbocycles. The first-order valence-electron chi connectivity index (χ1n) is 36.8. The molecule has 0 spiro atoms. The monoisotopic (exact) mass is 1310 g/mol. The Balaban J connectivity index is 5.20. The maximum Gasteiger partial charge on any atom is 0.472 e. The average Bonchev–Trinajstić information content (AvgIpc) is 3.52. The molecule has 5 atom stereocenters. The van der Waals surface area contributed by atoms with E-state index < -0.39 is 97.5 Å². The highest BCUT2D eigenvalue weighted by molar-refractivity contribution is 7.47. The van der Waals surface area contributed by atoms with Gasteiger partial charge in [0.05, 0.1) is 26.4 Å². The zero-order valence-corrected chi connectivity index (χ0v) is 59.2. The molecule has 0 saturated heterocycles. The molecule has 0 amide bonds. The molecule has 89 heavy (non-hydrogen) atoms. The highest BCUT2D eigenvalue weighted by Gasteiger charge is 2.30. The summed E-state index contributed by atoms with van der Waals surface area (Å²) in [5.74, 6) is -2.12. The summed E-state index contributed by atoms with van der Waals surface area (Å²) in [6.07, 6.45) is 52.6. The van der Waals surface area contributed by atoms with E-state index in [0.717, 1.165) is 89.9 Å². The second-order valence-corrected chi connectivity index (χ2v) is 28.2. The van der Waals surface area contributed by atoms with Crippen LogP contribution >= 0.6 is 15.6 Å². The van der Waals surface area contributed by atoms with E-state index in [2.05, 4.69) is 27.7 Å². The normalized spacial score (nSPS) is 14.0. The number of aliphatic hydroxyl groups excluding tert-OH is 1. The van der Waals surface area contributed by atoms with Gasteiger partial charge in [-0.2, -0.15) is 0 Å². The summed E-state index contributed by atoms with van der Waals surface area (Å²) in [6.45, 7) is 4.93. The van der Waals surface area contributed by atoms with Crippen molar-refractivity contribution >= 4 is 39.5 Å². The Morgan fingerprint density at radius 1 is 0.270 bits per heavy atom. The molecule has 0 rings (SSSR count). The second-order valence-electron chi connectivity index (χ2n) is 25.3. The molecule has 0 aromatic heterocycles. The number of carbonyl (C=O) groups excluding carboxylic acids is 4. The molecule has 0 aliphatic heterocycles. The Morgan fingerprint density at radius 3 is 0.663 bits per heavy atom. The highest BCUT2D eigenvalue weighted by atomic mass is 31.2. The number of phosphoric ester groups is 2. The van der Waals surface area contributed by atoms with Gasteiger partial charge in [-0.15, -0.1) is 0 Å². The Bertz CT molecular complexity index is 1710. The minimum atomic E-state index is -4.95. The van der Waals surface area contributed by atoms with Gasteiger partial charge in [0.2, 0.25) is 0 Å². The molecular formula is C70H136O17P2. The largest absolute Gasteiger partial charge is 0.472 e. The first-order valence-corrected chi connectivity index (χ1v) is 39.8. The number of hydrogen-bond acceptors (Lipinski definition) is 15. The van der Waals surface area contributed by atoms with E-state index in [4.69, 9.17) is 37.0 Å². The summed E-state index contributed by atoms with van der Waals surface area (Å²) in [7, 11) is -9.89. The summed E-state index contributed by atoms with van der Waals surface area (Å²) < 4.78 is 68.2. The number of unbranched alkanes of at least 4 members (excludes halogenated alkanes) is 45. The first-order chi connectivity index (χ1) is 43.2. The predicted octanol–water partition coefficient (Wildman–Crippen LogP) is 20.3. The van der Waals surface area contributed by atoms with E-state index in [-0.39, 0.29) is 25.7 Å². The van der Waals surface area contributed by atoms with Crippen molar-refractivity contribution in [3.8, 4) is 0 Å². The lowest BCUT2D eigenvalue weighted by Gasteiger charge is -2.21. The summed E-state index contributed by atoms with van der Waals surface area (Å²) in [5, 5.41) is 10.6. The van der Waals surface area contributed by atoms with Crippen LogP contribution in [0.15, 0.2) is 0 Å². The van der Waals surface area contributed by atoms with Gasteiger partial charge in [-0.25, -0.2) is 9.13 Å². The molecule has 17 nitrogen and oxygen atoms in total. The van der Waals surface area contributed by atoms with Crippen LogP contribution in [0.5, 0.6) is 0 Å². The molecule has 2 unspecified atom stereocenters. The van der Waals surface area contributed by atoms with Crippen molar-refractivity contribution < 1.29 is 80.2 Å². The molecule has 0 aromatic rings. The van der Waals surface area contributed by atoms with E-state index in [1.54, 1.807) is 0 Å². The molecule has 0 fully saturated rings. The molecule has 0 heterocycles. The van der Waals surface area contributed by atoms with Crippen molar-refractivity contribution in [2.75, 3.05) is 39.6 Å². The molecule has 0 radical (unpaired) electrons. The molecule has 528 valence electrons. The number of ether oxygens (including phenoxy) is 4. The van der Waals surface area contributed by atoms with Crippen molar-refractivity contribution in [2.45, 2.75) is 386 Å². The van der Waals surface area contributed by atoms with Crippen LogP contribution in [0, 0.1) is 0 Å². The van der Waals surface area contributed by atoms with Crippen molar-refractivity contribution in [2.24, 2.45) is 0 Å². The van der Waals surface area contributed by atoms with Gasteiger partial charge >= 0.3 is 39.5 Å². The maximum absolute atomic E-state index is 13.0. The number of phosphoric acid groups is 2. The van der Waals surface area contributed by atoms with Gasteiger partial charge in [0.1, 0.15) is 19.3 Å². The van der Waals surface area contributed by atoms with Crippen LogP contribution in [0.2, 0.25) is 0 Å². The van der Waals surface area contributed by atoms with E-state index in [1.165, 1.54) is 199 Å². The van der Waals surface area contributed by atoms with Gasteiger partial charge in [-0.1, -0.05) is 317 Å². The third kappa shape index (κ3) is 64.6. The molecular weight excluding hydrogens is 1170 g/mol. The molecule has 0 bridgehead atoms. The van der Waals surface area contributed by atoms with E-state index in [9.17, 15) is 43.2 Å². The Labute approximate surface area is 543 Å². The van der Waals surface area contributed by atoms with Crippen LogP contribution in [0.25, 0.3) is 0 Å². The van der Waals surface area contributed by atoms with E-state index in [0.29, 0.717) is 25.7 Å². The summed E-state index contributed by atoms with van der Waals surface area (Å²) >= 11 is 0. The highest BCUT2D eigenvalue weighted by Crippen LogP contribution is 2.45. The van der Waals surface area contributed by atoms with Gasteiger partial charge in [-0.3, -0.25) is 37.3 Å². The van der Waals surface area contributed by atoms with Gasteiger partial charge in [0.15, 0.2) is 12.2 Å². The van der Waals surface area contributed by atoms with Crippen molar-refractivity contribution in [1.82, 2.24) is 0 Å². The number of rotatable bonds is 71. The summed E-state index contributed by atoms with van der Waals surface area (Å²) in [6, 6.07) is 0. The fourth-order valence-corrected chi connectivity index (χ4v) is 12.3. The lowest BCUT2D eigenvalue weighted by atomic mass is 10.0. The fourth-order valence-electron chi connectivity index (χ4n) is 10.7. The van der Waals surface area contributed by atoms with Crippen molar-refractivity contribution in [3.05, 3.63) is 0 Å². The lowest BCUT2D eigenvalue weighted by Crippen LogP contribution is -2.30. The number of carbonyl (C=O) groups is 4. The van der Waals surface area contributed by atoms with Crippen LogP contribution in [-0.4, -0.2) is 96.7 Å². The molecule has 3 N–H and O–H groups in total. The van der Waals surface area contributed by atoms with E-state index >= 15 is 0 Å². The van der Waals surface area contributed by atoms with Gasteiger partial charge in [0.25, 0.3) is 0 Å². The van der Waals surface area contributed by atoms with Crippen molar-refractivity contribution in [1.29, 1.82) is 0 Å². The van der Waals surface area contributed by atoms with Crippen LogP contribution in [-0.2, 0) is 65.4 Å². The van der Waals surface area contributed by atoms with E-state index in [1.807, 2.05) is 0 Å². The van der Waals surface area contributed by atoms with Crippen LogP contribution in [0.1, 0.15) is 368 Å². The third-order valence-corrected chi connectivity index (χ3v) is 18.3. The Morgan fingerprint density at radius 2 is 0.449 bits per heavy atom. The SMILES string of the molecule is CCCCCCCCCCCCCCCCCC(=O)O[C@H](COC(=O)CCCCCCCCCC)COP(=O)(O)OC[C@H](O)COP(=O)(O)OC[C@@H](COC(=O)CCCCCCCCCCCCC)OC(=O)CCCCCCCCCCCCCCCCC. The molecule has 0 aromatic carbocycles. The summed E-state index contributed by atoms with van der Waals surface area (Å²) in [5.41, 5.74) is 0. The number of esters is 4. The van der Waals surface area contributed by atoms with Crippen molar-refractivity contribution in [3.63, 3.8) is 0 Å². The summed E-state index contributed by atoms with van der Waals surface area (Å²) in [4.78, 5) is 72.5. The van der Waals surface area contributed by atoms with Crippen LogP contribution in [0.4, 0.5) is 0 Å². The minimum absolute atomic E-state index is 0.108. The quantitative estimate of drug-likeness (QED) is 0.0222.